The summed E-state index contributed by atoms with van der Waals surface area (Å²) in [6.07, 6.45) is -4.39. The van der Waals surface area contributed by atoms with E-state index in [4.69, 9.17) is 0 Å². The Balaban J connectivity index is 2.70. The number of benzene rings is 1. The van der Waals surface area contributed by atoms with Crippen molar-refractivity contribution in [1.29, 1.82) is 0 Å². The second-order valence-corrected chi connectivity index (χ2v) is 3.44. The Hall–Kier alpha value is -1.11. The van der Waals surface area contributed by atoms with E-state index in [1.54, 1.807) is 0 Å². The summed E-state index contributed by atoms with van der Waals surface area (Å²) in [5.41, 5.74) is -0.433. The van der Waals surface area contributed by atoms with E-state index >= 15 is 0 Å². The van der Waals surface area contributed by atoms with Gasteiger partial charge in [0, 0.05) is 4.47 Å². The standard InChI is InChI=1S/C7H2BrF3N2O/c8-4-1-3(7(9,10)11)2-5-6(4)13-14-12-5/h1-2H. The summed E-state index contributed by atoms with van der Waals surface area (Å²) in [6.45, 7) is 0. The van der Waals surface area contributed by atoms with E-state index in [-0.39, 0.29) is 15.5 Å². The molecular formula is C7H2BrF3N2O. The van der Waals surface area contributed by atoms with Crippen molar-refractivity contribution >= 4 is 27.0 Å². The van der Waals surface area contributed by atoms with Crippen LogP contribution in [-0.4, -0.2) is 10.3 Å². The third-order valence-electron chi connectivity index (χ3n) is 1.64. The van der Waals surface area contributed by atoms with E-state index in [2.05, 4.69) is 30.9 Å². The third kappa shape index (κ3) is 1.47. The van der Waals surface area contributed by atoms with Crippen molar-refractivity contribution in [3.63, 3.8) is 0 Å². The van der Waals surface area contributed by atoms with Gasteiger partial charge in [-0.15, -0.1) is 0 Å². The van der Waals surface area contributed by atoms with Gasteiger partial charge in [0.1, 0.15) is 11.0 Å². The molecule has 1 aromatic heterocycles. The molecule has 7 heteroatoms. The molecule has 1 aromatic carbocycles. The Bertz CT molecular complexity index is 479. The van der Waals surface area contributed by atoms with Crippen LogP contribution in [0.2, 0.25) is 0 Å². The van der Waals surface area contributed by atoms with Gasteiger partial charge in [-0.1, -0.05) is 0 Å². The molecule has 0 aliphatic rings. The third-order valence-corrected chi connectivity index (χ3v) is 2.25. The predicted molar refractivity (Wildman–Crippen MR) is 44.5 cm³/mol. The Kier molecular flexibility index (Phi) is 1.99. The monoisotopic (exact) mass is 266 g/mol. The van der Waals surface area contributed by atoms with Crippen molar-refractivity contribution in [2.24, 2.45) is 0 Å². The maximum absolute atomic E-state index is 12.3. The summed E-state index contributed by atoms with van der Waals surface area (Å²) in [7, 11) is 0. The van der Waals surface area contributed by atoms with Gasteiger partial charge in [-0.2, -0.15) is 13.2 Å². The molecule has 0 unspecified atom stereocenters. The first-order valence-corrected chi connectivity index (χ1v) is 4.27. The molecule has 0 saturated carbocycles. The van der Waals surface area contributed by atoms with Gasteiger partial charge in [0.05, 0.1) is 5.56 Å². The number of nitrogens with zero attached hydrogens (tertiary/aromatic N) is 2. The van der Waals surface area contributed by atoms with E-state index < -0.39 is 11.7 Å². The van der Waals surface area contributed by atoms with Crippen LogP contribution >= 0.6 is 15.9 Å². The van der Waals surface area contributed by atoms with Crippen LogP contribution in [0.4, 0.5) is 13.2 Å². The molecule has 0 bridgehead atoms. The molecule has 0 radical (unpaired) electrons. The number of hydrogen-bond acceptors (Lipinski definition) is 3. The fourth-order valence-corrected chi connectivity index (χ4v) is 1.54. The fourth-order valence-electron chi connectivity index (χ4n) is 1.01. The van der Waals surface area contributed by atoms with Crippen molar-refractivity contribution in [3.05, 3.63) is 22.2 Å². The van der Waals surface area contributed by atoms with Crippen LogP contribution in [0, 0.1) is 0 Å². The van der Waals surface area contributed by atoms with E-state index in [0.717, 1.165) is 12.1 Å². The lowest BCUT2D eigenvalue weighted by Gasteiger charge is -2.05. The SMILES string of the molecule is FC(F)(F)c1cc(Br)c2nonc2c1. The molecule has 2 rings (SSSR count). The molecular weight excluding hydrogens is 265 g/mol. The van der Waals surface area contributed by atoms with Gasteiger partial charge in [0.2, 0.25) is 0 Å². The topological polar surface area (TPSA) is 38.9 Å². The lowest BCUT2D eigenvalue weighted by atomic mass is 10.2. The zero-order valence-electron chi connectivity index (χ0n) is 6.47. The number of halogens is 4. The summed E-state index contributed by atoms with van der Waals surface area (Å²) >= 11 is 2.96. The molecule has 14 heavy (non-hydrogen) atoms. The molecule has 0 fully saturated rings. The molecule has 0 saturated heterocycles. The molecule has 0 atom stereocenters. The molecule has 0 aliphatic heterocycles. The van der Waals surface area contributed by atoms with Crippen LogP contribution in [0.25, 0.3) is 11.0 Å². The summed E-state index contributed by atoms with van der Waals surface area (Å²) in [6, 6.07) is 1.82. The molecule has 0 amide bonds. The smallest absolute Gasteiger partial charge is 0.243 e. The highest BCUT2D eigenvalue weighted by Crippen LogP contribution is 2.33. The minimum Gasteiger partial charge on any atom is -0.243 e. The van der Waals surface area contributed by atoms with Crippen LogP contribution in [-0.2, 0) is 6.18 Å². The van der Waals surface area contributed by atoms with Crippen molar-refractivity contribution in [1.82, 2.24) is 10.3 Å². The van der Waals surface area contributed by atoms with Crippen molar-refractivity contribution < 1.29 is 17.8 Å². The van der Waals surface area contributed by atoms with E-state index in [0.29, 0.717) is 0 Å². The van der Waals surface area contributed by atoms with Gasteiger partial charge >= 0.3 is 6.18 Å². The van der Waals surface area contributed by atoms with Gasteiger partial charge in [0.15, 0.2) is 0 Å². The first kappa shape index (κ1) is 9.45. The second-order valence-electron chi connectivity index (χ2n) is 2.59. The first-order chi connectivity index (χ1) is 6.48. The molecule has 3 nitrogen and oxygen atoms in total. The highest BCUT2D eigenvalue weighted by molar-refractivity contribution is 9.10. The van der Waals surface area contributed by atoms with Gasteiger partial charge in [-0.05, 0) is 38.4 Å². The van der Waals surface area contributed by atoms with Crippen LogP contribution in [0.5, 0.6) is 0 Å². The van der Waals surface area contributed by atoms with Crippen LogP contribution in [0.1, 0.15) is 5.56 Å². The Morgan fingerprint density at radius 2 is 1.93 bits per heavy atom. The second kappa shape index (κ2) is 2.94. The fraction of sp³-hybridized carbons (Fsp3) is 0.143. The maximum Gasteiger partial charge on any atom is 0.416 e. The van der Waals surface area contributed by atoms with Crippen molar-refractivity contribution in [2.45, 2.75) is 6.18 Å². The highest BCUT2D eigenvalue weighted by atomic mass is 79.9. The van der Waals surface area contributed by atoms with E-state index in [1.807, 2.05) is 0 Å². The molecule has 74 valence electrons. The molecule has 0 N–H and O–H groups in total. The summed E-state index contributed by atoms with van der Waals surface area (Å²) < 4.78 is 41.4. The number of rotatable bonds is 0. The average Bonchev–Trinajstić information content (AvgIpc) is 2.50. The lowest BCUT2D eigenvalue weighted by molar-refractivity contribution is -0.137. The number of fused-ring (bicyclic) bond motifs is 1. The van der Waals surface area contributed by atoms with Crippen LogP contribution in [0.3, 0.4) is 0 Å². The minimum atomic E-state index is -4.39. The largest absolute Gasteiger partial charge is 0.416 e. The van der Waals surface area contributed by atoms with Crippen LogP contribution in [0.15, 0.2) is 21.2 Å². The molecule has 2 aromatic rings. The van der Waals surface area contributed by atoms with E-state index in [9.17, 15) is 13.2 Å². The summed E-state index contributed by atoms with van der Waals surface area (Å²) in [4.78, 5) is 0. The van der Waals surface area contributed by atoms with Gasteiger partial charge in [-0.3, -0.25) is 0 Å². The summed E-state index contributed by atoms with van der Waals surface area (Å²) in [5, 5.41) is 6.78. The van der Waals surface area contributed by atoms with Gasteiger partial charge < -0.3 is 0 Å². The maximum atomic E-state index is 12.3. The van der Waals surface area contributed by atoms with Crippen LogP contribution < -0.4 is 0 Å². The zero-order chi connectivity index (χ0) is 10.3. The van der Waals surface area contributed by atoms with Gasteiger partial charge in [0.25, 0.3) is 0 Å². The average molecular weight is 267 g/mol. The normalized spacial score (nSPS) is 12.3. The number of hydrogen-bond donors (Lipinski definition) is 0. The summed E-state index contributed by atoms with van der Waals surface area (Å²) in [5.74, 6) is 0. The highest BCUT2D eigenvalue weighted by Gasteiger charge is 2.31. The Labute approximate surface area is 84.0 Å². The van der Waals surface area contributed by atoms with Crippen molar-refractivity contribution in [3.8, 4) is 0 Å². The Morgan fingerprint density at radius 1 is 1.21 bits per heavy atom. The molecule has 0 spiro atoms. The van der Waals surface area contributed by atoms with E-state index in [1.165, 1.54) is 0 Å². The molecule has 1 heterocycles. The predicted octanol–water partition coefficient (Wildman–Crippen LogP) is 3.00. The lowest BCUT2D eigenvalue weighted by Crippen LogP contribution is -2.04. The number of alkyl halides is 3. The quantitative estimate of drug-likeness (QED) is 0.736. The zero-order valence-corrected chi connectivity index (χ0v) is 8.06. The molecule has 0 aliphatic carbocycles. The van der Waals surface area contributed by atoms with Crippen molar-refractivity contribution in [2.75, 3.05) is 0 Å². The first-order valence-electron chi connectivity index (χ1n) is 3.47. The number of aromatic nitrogens is 2. The minimum absolute atomic E-state index is 0.0756. The Morgan fingerprint density at radius 3 is 2.57 bits per heavy atom. The van der Waals surface area contributed by atoms with Gasteiger partial charge in [-0.25, -0.2) is 4.63 Å².